The Morgan fingerprint density at radius 3 is 2.46 bits per heavy atom. The Labute approximate surface area is 159 Å². The summed E-state index contributed by atoms with van der Waals surface area (Å²) >= 11 is 0. The number of nitrogens with zero attached hydrogens (tertiary/aromatic N) is 1. The molecular formula is C20H15FN2O5. The zero-order valence-corrected chi connectivity index (χ0v) is 15.0. The van der Waals surface area contributed by atoms with Gasteiger partial charge < -0.3 is 19.6 Å². The molecule has 3 aromatic rings. The van der Waals surface area contributed by atoms with Crippen molar-refractivity contribution in [2.45, 2.75) is 20.0 Å². The molecule has 28 heavy (non-hydrogen) atoms. The molecule has 0 aliphatic carbocycles. The van der Waals surface area contributed by atoms with Gasteiger partial charge in [-0.1, -0.05) is 0 Å². The van der Waals surface area contributed by atoms with Gasteiger partial charge in [0, 0.05) is 17.0 Å². The number of halogens is 1. The molecule has 1 heterocycles. The molecule has 3 rings (SSSR count). The van der Waals surface area contributed by atoms with Crippen molar-refractivity contribution in [1.82, 2.24) is 0 Å². The molecule has 0 fully saturated rings. The fraction of sp³-hybridized carbons (Fsp3) is 0.150. The summed E-state index contributed by atoms with van der Waals surface area (Å²) in [5.74, 6) is -1.22. The highest BCUT2D eigenvalue weighted by molar-refractivity contribution is 6.11. The highest BCUT2D eigenvalue weighted by Gasteiger charge is 2.26. The highest BCUT2D eigenvalue weighted by Crippen LogP contribution is 2.37. The molecule has 0 saturated heterocycles. The molecule has 0 radical (unpaired) electrons. The van der Waals surface area contributed by atoms with E-state index in [2.05, 4.69) is 4.74 Å². The van der Waals surface area contributed by atoms with Gasteiger partial charge in [0.2, 0.25) is 0 Å². The number of hydrogen-bond acceptors (Lipinski definition) is 6. The molecule has 2 N–H and O–H groups in total. The van der Waals surface area contributed by atoms with Crippen molar-refractivity contribution in [3.8, 4) is 23.1 Å². The van der Waals surface area contributed by atoms with Crippen LogP contribution in [0.15, 0.2) is 40.8 Å². The van der Waals surface area contributed by atoms with Gasteiger partial charge in [0.15, 0.2) is 0 Å². The Balaban J connectivity index is 2.29. The summed E-state index contributed by atoms with van der Waals surface area (Å²) in [4.78, 5) is 23.6. The first-order valence-electron chi connectivity index (χ1n) is 8.25. The zero-order valence-electron chi connectivity index (χ0n) is 15.0. The quantitative estimate of drug-likeness (QED) is 0.536. The molecule has 142 valence electrons. The fourth-order valence-electron chi connectivity index (χ4n) is 2.71. The van der Waals surface area contributed by atoms with Crippen LogP contribution in [0.5, 0.6) is 5.75 Å². The van der Waals surface area contributed by atoms with Crippen molar-refractivity contribution in [2.75, 3.05) is 0 Å². The molecule has 0 saturated carbocycles. The normalized spacial score (nSPS) is 10.7. The van der Waals surface area contributed by atoms with E-state index in [-0.39, 0.29) is 39.7 Å². The van der Waals surface area contributed by atoms with E-state index in [1.807, 2.05) is 6.07 Å². The number of fused-ring (bicyclic) bond motifs is 1. The Bertz CT molecular complexity index is 1110. The van der Waals surface area contributed by atoms with E-state index in [9.17, 15) is 19.2 Å². The summed E-state index contributed by atoms with van der Waals surface area (Å²) in [5, 5.41) is 9.64. The molecule has 0 aliphatic rings. The van der Waals surface area contributed by atoms with Crippen LogP contribution in [0.1, 0.15) is 29.8 Å². The first kappa shape index (κ1) is 18.9. The van der Waals surface area contributed by atoms with Gasteiger partial charge in [0.05, 0.1) is 11.7 Å². The van der Waals surface area contributed by atoms with Gasteiger partial charge in [-0.2, -0.15) is 5.26 Å². The third-order valence-electron chi connectivity index (χ3n) is 3.78. The van der Waals surface area contributed by atoms with Crippen molar-refractivity contribution in [3.05, 3.63) is 53.3 Å². The van der Waals surface area contributed by atoms with Crippen LogP contribution in [0.3, 0.4) is 0 Å². The second-order valence-electron chi connectivity index (χ2n) is 6.14. The number of ether oxygens (including phenoxy) is 2. The predicted octanol–water partition coefficient (Wildman–Crippen LogP) is 4.13. The van der Waals surface area contributed by atoms with Crippen LogP contribution < -0.4 is 10.5 Å². The lowest BCUT2D eigenvalue weighted by Gasteiger charge is -2.11. The van der Waals surface area contributed by atoms with Crippen LogP contribution in [-0.2, 0) is 4.74 Å². The van der Waals surface area contributed by atoms with Gasteiger partial charge in [-0.3, -0.25) is 0 Å². The average Bonchev–Trinajstić information content (AvgIpc) is 2.98. The first-order chi connectivity index (χ1) is 13.3. The standard InChI is InChI=1S/C20H15FN2O5/c1-10(2)26-15-8-14-16(7-12(15)9-22)27-18(11-3-5-13(21)6-4-11)17(14)19(24)28-20(23)25/h3-8,10H,1-2H3,(H2,23,25). The van der Waals surface area contributed by atoms with Crippen LogP contribution in [0, 0.1) is 17.1 Å². The van der Waals surface area contributed by atoms with Gasteiger partial charge in [-0.25, -0.2) is 14.0 Å². The van der Waals surface area contributed by atoms with E-state index in [1.165, 1.54) is 36.4 Å². The number of nitriles is 1. The minimum atomic E-state index is -1.28. The molecule has 7 nitrogen and oxygen atoms in total. The number of carbonyl (C=O) groups is 2. The molecule has 0 spiro atoms. The number of furan rings is 1. The molecule has 1 aromatic heterocycles. The number of rotatable bonds is 4. The lowest BCUT2D eigenvalue weighted by atomic mass is 10.0. The summed E-state index contributed by atoms with van der Waals surface area (Å²) in [6, 6.07) is 10.1. The summed E-state index contributed by atoms with van der Waals surface area (Å²) in [7, 11) is 0. The van der Waals surface area contributed by atoms with Crippen molar-refractivity contribution >= 4 is 23.0 Å². The van der Waals surface area contributed by atoms with Crippen molar-refractivity contribution < 1.29 is 27.9 Å². The second-order valence-corrected chi connectivity index (χ2v) is 6.14. The fourth-order valence-corrected chi connectivity index (χ4v) is 2.71. The van der Waals surface area contributed by atoms with Crippen LogP contribution in [-0.4, -0.2) is 18.2 Å². The molecule has 0 aliphatic heterocycles. The maximum absolute atomic E-state index is 13.3. The van der Waals surface area contributed by atoms with Gasteiger partial charge in [-0.05, 0) is 44.2 Å². The van der Waals surface area contributed by atoms with Crippen molar-refractivity contribution in [3.63, 3.8) is 0 Å². The van der Waals surface area contributed by atoms with E-state index in [4.69, 9.17) is 14.9 Å². The van der Waals surface area contributed by atoms with Crippen LogP contribution >= 0.6 is 0 Å². The zero-order chi connectivity index (χ0) is 20.4. The Morgan fingerprint density at radius 1 is 1.21 bits per heavy atom. The minimum Gasteiger partial charge on any atom is -0.490 e. The van der Waals surface area contributed by atoms with E-state index in [1.54, 1.807) is 13.8 Å². The largest absolute Gasteiger partial charge is 0.490 e. The molecule has 0 atom stereocenters. The number of hydrogen-bond donors (Lipinski definition) is 1. The number of nitrogens with two attached hydrogens (primary N) is 1. The van der Waals surface area contributed by atoms with Crippen molar-refractivity contribution in [1.29, 1.82) is 5.26 Å². The van der Waals surface area contributed by atoms with E-state index >= 15 is 0 Å². The molecule has 2 aromatic carbocycles. The SMILES string of the molecule is CC(C)Oc1cc2c(C(=O)OC(N)=O)c(-c3ccc(F)cc3)oc2cc1C#N. The number of benzene rings is 2. The van der Waals surface area contributed by atoms with Gasteiger partial charge in [-0.15, -0.1) is 0 Å². The first-order valence-corrected chi connectivity index (χ1v) is 8.25. The maximum Gasteiger partial charge on any atom is 0.412 e. The number of esters is 1. The summed E-state index contributed by atoms with van der Waals surface area (Å²) < 4.78 is 29.2. The second kappa shape index (κ2) is 7.40. The van der Waals surface area contributed by atoms with Gasteiger partial charge in [0.25, 0.3) is 0 Å². The Kier molecular flexibility index (Phi) is 5.00. The molecular weight excluding hydrogens is 367 g/mol. The third-order valence-corrected chi connectivity index (χ3v) is 3.78. The molecule has 0 unspecified atom stereocenters. The van der Waals surface area contributed by atoms with Crippen LogP contribution in [0.2, 0.25) is 0 Å². The van der Waals surface area contributed by atoms with Gasteiger partial charge >= 0.3 is 12.1 Å². The highest BCUT2D eigenvalue weighted by atomic mass is 19.1. The Morgan fingerprint density at radius 2 is 1.89 bits per heavy atom. The Hall–Kier alpha value is -3.86. The maximum atomic E-state index is 13.3. The number of primary amides is 1. The monoisotopic (exact) mass is 382 g/mol. The van der Waals surface area contributed by atoms with Crippen LogP contribution in [0.25, 0.3) is 22.3 Å². The average molecular weight is 382 g/mol. The minimum absolute atomic E-state index is 0.0480. The predicted molar refractivity (Wildman–Crippen MR) is 97.1 cm³/mol. The molecule has 0 bridgehead atoms. The lowest BCUT2D eigenvalue weighted by molar-refractivity contribution is 0.0640. The summed E-state index contributed by atoms with van der Waals surface area (Å²) in [6.07, 6.45) is -1.51. The van der Waals surface area contributed by atoms with E-state index in [0.29, 0.717) is 5.56 Å². The molecule has 1 amide bonds. The van der Waals surface area contributed by atoms with E-state index < -0.39 is 17.9 Å². The van der Waals surface area contributed by atoms with Crippen LogP contribution in [0.4, 0.5) is 9.18 Å². The summed E-state index contributed by atoms with van der Waals surface area (Å²) in [5.41, 5.74) is 5.65. The third kappa shape index (κ3) is 3.64. The van der Waals surface area contributed by atoms with Crippen molar-refractivity contribution in [2.24, 2.45) is 5.73 Å². The topological polar surface area (TPSA) is 116 Å². The number of amides is 1. The van der Waals surface area contributed by atoms with E-state index in [0.717, 1.165) is 0 Å². The summed E-state index contributed by atoms with van der Waals surface area (Å²) in [6.45, 7) is 3.57. The molecule has 8 heteroatoms. The smallest absolute Gasteiger partial charge is 0.412 e. The lowest BCUT2D eigenvalue weighted by Crippen LogP contribution is -2.18. The van der Waals surface area contributed by atoms with Gasteiger partial charge in [0.1, 0.15) is 34.5 Å². The number of carbonyl (C=O) groups excluding carboxylic acids is 2.